The van der Waals surface area contributed by atoms with Crippen LogP contribution in [-0.4, -0.2) is 9.38 Å². The van der Waals surface area contributed by atoms with Crippen LogP contribution >= 0.6 is 0 Å². The summed E-state index contributed by atoms with van der Waals surface area (Å²) >= 11 is 0. The SMILES string of the molecule is Cc1ccc2cc3c4nccc5ccc6c7c(C(C)C)cccc7n(c3c(CC(C)(C)C)c2c1)c6c54. The molecule has 2 heteroatoms. The summed E-state index contributed by atoms with van der Waals surface area (Å²) in [6.07, 6.45) is 2.98. The summed E-state index contributed by atoms with van der Waals surface area (Å²) in [6.45, 7) is 13.9. The van der Waals surface area contributed by atoms with Crippen molar-refractivity contribution >= 4 is 59.8 Å². The zero-order chi connectivity index (χ0) is 24.9. The molecular weight excluding hydrogens is 436 g/mol. The molecule has 3 aromatic heterocycles. The molecule has 0 saturated carbocycles. The lowest BCUT2D eigenvalue weighted by atomic mass is 9.84. The molecule has 0 fully saturated rings. The number of rotatable bonds is 2. The van der Waals surface area contributed by atoms with Crippen molar-refractivity contribution in [2.75, 3.05) is 0 Å². The Hall–Kier alpha value is -3.65. The van der Waals surface area contributed by atoms with Crippen LogP contribution in [0.25, 0.3) is 59.8 Å². The Kier molecular flexibility index (Phi) is 4.32. The summed E-state index contributed by atoms with van der Waals surface area (Å²) < 4.78 is 2.59. The van der Waals surface area contributed by atoms with Gasteiger partial charge in [0.15, 0.2) is 0 Å². The van der Waals surface area contributed by atoms with E-state index in [1.54, 1.807) is 0 Å². The number of hydrogen-bond acceptors (Lipinski definition) is 1. The van der Waals surface area contributed by atoms with Gasteiger partial charge < -0.3 is 4.40 Å². The minimum Gasteiger partial charge on any atom is -0.308 e. The maximum atomic E-state index is 5.04. The maximum absolute atomic E-state index is 5.04. The fourth-order valence-corrected chi connectivity index (χ4v) is 6.48. The molecule has 0 N–H and O–H groups in total. The Bertz CT molecular complexity index is 1980. The molecule has 0 spiro atoms. The van der Waals surface area contributed by atoms with Gasteiger partial charge in [-0.25, -0.2) is 0 Å². The highest BCUT2D eigenvalue weighted by Crippen LogP contribution is 2.45. The highest BCUT2D eigenvalue weighted by atomic mass is 14.9. The van der Waals surface area contributed by atoms with E-state index in [4.69, 9.17) is 4.98 Å². The quantitative estimate of drug-likeness (QED) is 0.182. The molecule has 0 aliphatic rings. The van der Waals surface area contributed by atoms with E-state index in [-0.39, 0.29) is 5.41 Å². The number of nitrogens with zero attached hydrogens (tertiary/aromatic N) is 2. The Morgan fingerprint density at radius 1 is 0.806 bits per heavy atom. The van der Waals surface area contributed by atoms with Gasteiger partial charge in [0.25, 0.3) is 0 Å². The van der Waals surface area contributed by atoms with Crippen LogP contribution in [0.2, 0.25) is 0 Å². The third-order valence-corrected chi connectivity index (χ3v) is 7.90. The summed E-state index contributed by atoms with van der Waals surface area (Å²) in [6, 6.07) is 23.0. The number of benzene rings is 4. The molecular formula is C34H32N2. The summed E-state index contributed by atoms with van der Waals surface area (Å²) in [5, 5.41) is 9.18. The van der Waals surface area contributed by atoms with Gasteiger partial charge in [-0.05, 0) is 70.2 Å². The zero-order valence-electron chi connectivity index (χ0n) is 22.0. The van der Waals surface area contributed by atoms with Gasteiger partial charge in [-0.2, -0.15) is 0 Å². The molecule has 0 radical (unpaired) electrons. The largest absolute Gasteiger partial charge is 0.308 e. The van der Waals surface area contributed by atoms with Gasteiger partial charge >= 0.3 is 0 Å². The molecule has 0 amide bonds. The molecule has 0 saturated heterocycles. The van der Waals surface area contributed by atoms with Crippen LogP contribution in [0.1, 0.15) is 57.2 Å². The second kappa shape index (κ2) is 7.20. The first-order valence-corrected chi connectivity index (χ1v) is 13.1. The highest BCUT2D eigenvalue weighted by molar-refractivity contribution is 6.29. The van der Waals surface area contributed by atoms with E-state index in [2.05, 4.69) is 107 Å². The van der Waals surface area contributed by atoms with Crippen molar-refractivity contribution in [1.82, 2.24) is 9.38 Å². The molecule has 2 nitrogen and oxygen atoms in total. The van der Waals surface area contributed by atoms with E-state index in [1.807, 2.05) is 6.20 Å². The molecule has 0 aliphatic heterocycles. The second-order valence-corrected chi connectivity index (χ2v) is 12.2. The van der Waals surface area contributed by atoms with Crippen molar-refractivity contribution in [2.24, 2.45) is 5.41 Å². The third kappa shape index (κ3) is 2.88. The molecule has 7 rings (SSSR count). The first kappa shape index (κ1) is 21.6. The monoisotopic (exact) mass is 468 g/mol. The van der Waals surface area contributed by atoms with Crippen LogP contribution < -0.4 is 0 Å². The molecule has 178 valence electrons. The molecule has 0 bridgehead atoms. The standard InChI is InChI=1S/C34H32N2/c1-19(2)23-8-7-9-28-30(23)24-13-12-21-14-15-35-31-26-17-22-11-10-20(3)16-25(22)27(18-34(4,5)6)32(26)36(28)33(24)29(21)31/h7-17,19H,18H2,1-6H3. The van der Waals surface area contributed by atoms with Gasteiger partial charge in [0, 0.05) is 27.7 Å². The second-order valence-electron chi connectivity index (χ2n) is 12.2. The molecule has 4 aromatic carbocycles. The molecule has 0 aliphatic carbocycles. The van der Waals surface area contributed by atoms with Crippen LogP contribution in [-0.2, 0) is 6.42 Å². The number of hydrogen-bond donors (Lipinski definition) is 0. The van der Waals surface area contributed by atoms with Crippen LogP contribution in [0, 0.1) is 12.3 Å². The van der Waals surface area contributed by atoms with Crippen molar-refractivity contribution in [3.8, 4) is 0 Å². The van der Waals surface area contributed by atoms with Gasteiger partial charge in [0.2, 0.25) is 0 Å². The van der Waals surface area contributed by atoms with Crippen LogP contribution in [0.4, 0.5) is 0 Å². The van der Waals surface area contributed by atoms with Crippen molar-refractivity contribution in [3.05, 3.63) is 83.6 Å². The maximum Gasteiger partial charge on any atom is 0.0823 e. The lowest BCUT2D eigenvalue weighted by Crippen LogP contribution is -2.11. The Balaban J connectivity index is 1.88. The lowest BCUT2D eigenvalue weighted by Gasteiger charge is -2.23. The Morgan fingerprint density at radius 2 is 1.61 bits per heavy atom. The van der Waals surface area contributed by atoms with Gasteiger partial charge in [-0.1, -0.05) is 82.6 Å². The summed E-state index contributed by atoms with van der Waals surface area (Å²) in [7, 11) is 0. The molecule has 36 heavy (non-hydrogen) atoms. The van der Waals surface area contributed by atoms with E-state index in [1.165, 1.54) is 70.9 Å². The Morgan fingerprint density at radius 3 is 2.39 bits per heavy atom. The fourth-order valence-electron chi connectivity index (χ4n) is 6.48. The normalized spacial score (nSPS) is 13.1. The molecule has 7 aromatic rings. The van der Waals surface area contributed by atoms with Crippen LogP contribution in [0.3, 0.4) is 0 Å². The fraction of sp³-hybridized carbons (Fsp3) is 0.265. The minimum absolute atomic E-state index is 0.146. The first-order valence-electron chi connectivity index (χ1n) is 13.1. The molecule has 0 unspecified atom stereocenters. The number of fused-ring (bicyclic) bond motifs is 7. The summed E-state index contributed by atoms with van der Waals surface area (Å²) in [5.74, 6) is 0.449. The zero-order valence-corrected chi connectivity index (χ0v) is 22.0. The van der Waals surface area contributed by atoms with Crippen molar-refractivity contribution in [3.63, 3.8) is 0 Å². The summed E-state index contributed by atoms with van der Waals surface area (Å²) in [4.78, 5) is 5.04. The Labute approximate surface area is 211 Å². The first-order chi connectivity index (χ1) is 17.2. The number of aryl methyl sites for hydroxylation is 1. The smallest absolute Gasteiger partial charge is 0.0823 e. The third-order valence-electron chi connectivity index (χ3n) is 7.90. The lowest BCUT2D eigenvalue weighted by molar-refractivity contribution is 0.413. The highest BCUT2D eigenvalue weighted by Gasteiger charge is 2.25. The predicted octanol–water partition coefficient (Wildman–Crippen LogP) is 9.56. The molecule has 0 atom stereocenters. The van der Waals surface area contributed by atoms with Crippen LogP contribution in [0.5, 0.6) is 0 Å². The van der Waals surface area contributed by atoms with Gasteiger partial charge in [-0.3, -0.25) is 4.98 Å². The molecule has 3 heterocycles. The van der Waals surface area contributed by atoms with E-state index >= 15 is 0 Å². The number of aromatic nitrogens is 2. The van der Waals surface area contributed by atoms with Crippen molar-refractivity contribution in [2.45, 2.75) is 53.9 Å². The average molecular weight is 469 g/mol. The topological polar surface area (TPSA) is 17.3 Å². The number of pyridine rings is 2. The van der Waals surface area contributed by atoms with Crippen molar-refractivity contribution in [1.29, 1.82) is 0 Å². The van der Waals surface area contributed by atoms with Crippen molar-refractivity contribution < 1.29 is 0 Å². The van der Waals surface area contributed by atoms with E-state index in [0.29, 0.717) is 5.92 Å². The van der Waals surface area contributed by atoms with Gasteiger partial charge in [0.1, 0.15) is 0 Å². The summed E-state index contributed by atoms with van der Waals surface area (Å²) in [5.41, 5.74) is 9.36. The predicted molar refractivity (Wildman–Crippen MR) is 156 cm³/mol. The van der Waals surface area contributed by atoms with E-state index < -0.39 is 0 Å². The average Bonchev–Trinajstić information content (AvgIpc) is 3.18. The van der Waals surface area contributed by atoms with E-state index in [0.717, 1.165) is 11.9 Å². The van der Waals surface area contributed by atoms with Crippen LogP contribution in [0.15, 0.2) is 66.9 Å². The minimum atomic E-state index is 0.146. The van der Waals surface area contributed by atoms with Gasteiger partial charge in [0.05, 0.1) is 22.1 Å². The van der Waals surface area contributed by atoms with E-state index in [9.17, 15) is 0 Å². The van der Waals surface area contributed by atoms with Gasteiger partial charge in [-0.15, -0.1) is 0 Å².